The van der Waals surface area contributed by atoms with Gasteiger partial charge in [0, 0.05) is 11.6 Å². The maximum absolute atomic E-state index is 11.6. The second kappa shape index (κ2) is 6.03. The summed E-state index contributed by atoms with van der Waals surface area (Å²) in [7, 11) is 0. The van der Waals surface area contributed by atoms with Crippen LogP contribution in [0.5, 0.6) is 0 Å². The summed E-state index contributed by atoms with van der Waals surface area (Å²) in [5.74, 6) is 0.539. The molecule has 2 heterocycles. The van der Waals surface area contributed by atoms with E-state index >= 15 is 0 Å². The third-order valence-corrected chi connectivity index (χ3v) is 4.01. The van der Waals surface area contributed by atoms with E-state index in [1.165, 1.54) is 4.80 Å². The van der Waals surface area contributed by atoms with Crippen molar-refractivity contribution < 1.29 is 4.79 Å². The first kappa shape index (κ1) is 14.3. The van der Waals surface area contributed by atoms with Gasteiger partial charge in [-0.25, -0.2) is 0 Å². The molecule has 21 heavy (non-hydrogen) atoms. The molecule has 0 aliphatic carbocycles. The zero-order valence-corrected chi connectivity index (χ0v) is 12.8. The summed E-state index contributed by atoms with van der Waals surface area (Å²) in [6.07, 6.45) is 2.84. The summed E-state index contributed by atoms with van der Waals surface area (Å²) >= 11 is 9.89. The fourth-order valence-electron chi connectivity index (χ4n) is 2.50. The molecule has 0 N–H and O–H groups in total. The van der Waals surface area contributed by atoms with E-state index in [-0.39, 0.29) is 11.3 Å². The van der Waals surface area contributed by atoms with Crippen LogP contribution in [-0.2, 0) is 0 Å². The molecule has 8 heteroatoms. The second-order valence-electron chi connectivity index (χ2n) is 4.90. The summed E-state index contributed by atoms with van der Waals surface area (Å²) in [6.45, 7) is 0.679. The predicted octanol–water partition coefficient (Wildman–Crippen LogP) is 2.89. The smallest absolute Gasteiger partial charge is 0.279 e. The number of amides is 1. The minimum Gasteiger partial charge on any atom is -0.323 e. The number of tetrazole rings is 1. The van der Waals surface area contributed by atoms with Crippen molar-refractivity contribution in [2.45, 2.75) is 25.3 Å². The van der Waals surface area contributed by atoms with E-state index in [0.717, 1.165) is 24.9 Å². The molecular formula is C13H14ClN5OS. The van der Waals surface area contributed by atoms with Gasteiger partial charge >= 0.3 is 0 Å². The predicted molar refractivity (Wildman–Crippen MR) is 81.8 cm³/mol. The first-order valence-electron chi connectivity index (χ1n) is 6.70. The Morgan fingerprint density at radius 1 is 1.38 bits per heavy atom. The molecule has 1 atom stereocenters. The van der Waals surface area contributed by atoms with E-state index in [0.29, 0.717) is 17.4 Å². The van der Waals surface area contributed by atoms with E-state index in [9.17, 15) is 4.79 Å². The van der Waals surface area contributed by atoms with Crippen molar-refractivity contribution in [2.24, 2.45) is 0 Å². The molecule has 6 nitrogen and oxygen atoms in total. The van der Waals surface area contributed by atoms with E-state index < -0.39 is 0 Å². The number of rotatable bonds is 2. The van der Waals surface area contributed by atoms with E-state index in [1.807, 2.05) is 12.1 Å². The van der Waals surface area contributed by atoms with Crippen LogP contribution in [0, 0.1) is 0 Å². The van der Waals surface area contributed by atoms with Gasteiger partial charge in [0.05, 0.1) is 11.7 Å². The molecule has 2 aromatic rings. The monoisotopic (exact) mass is 323 g/mol. The maximum atomic E-state index is 11.6. The third-order valence-electron chi connectivity index (χ3n) is 3.51. The Bertz CT molecular complexity index is 662. The van der Waals surface area contributed by atoms with Crippen molar-refractivity contribution in [3.8, 4) is 5.69 Å². The normalized spacial score (nSPS) is 18.8. The number of carbonyl (C=O) groups is 1. The van der Waals surface area contributed by atoms with Crippen molar-refractivity contribution >= 4 is 29.5 Å². The largest absolute Gasteiger partial charge is 0.323 e. The Morgan fingerprint density at radius 2 is 2.24 bits per heavy atom. The lowest BCUT2D eigenvalue weighted by molar-refractivity contribution is 0.170. The van der Waals surface area contributed by atoms with Crippen LogP contribution in [0.15, 0.2) is 24.3 Å². The number of piperidine rings is 1. The zero-order valence-electron chi connectivity index (χ0n) is 11.2. The van der Waals surface area contributed by atoms with Crippen LogP contribution in [0.2, 0.25) is 5.02 Å². The standard InChI is InChI=1S/C13H14ClN5OS/c14-9-4-3-5-10(8-9)19-16-12(15-17-19)11-6-1-2-7-18(11)13(20)21/h3-5,8,11H,1-2,6-7H2,(H,20,21). The average molecular weight is 324 g/mol. The van der Waals surface area contributed by atoms with Crippen LogP contribution in [0.4, 0.5) is 4.79 Å². The summed E-state index contributed by atoms with van der Waals surface area (Å²) in [5.41, 5.74) is 0.737. The van der Waals surface area contributed by atoms with Crippen LogP contribution in [0.25, 0.3) is 5.69 Å². The third kappa shape index (κ3) is 3.03. The Kier molecular flexibility index (Phi) is 4.12. The average Bonchev–Trinajstić information content (AvgIpc) is 2.97. The lowest BCUT2D eigenvalue weighted by Gasteiger charge is -2.32. The van der Waals surface area contributed by atoms with Gasteiger partial charge < -0.3 is 4.90 Å². The van der Waals surface area contributed by atoms with Crippen LogP contribution in [0.3, 0.4) is 0 Å². The Balaban J connectivity index is 1.88. The molecule has 0 saturated carbocycles. The highest BCUT2D eigenvalue weighted by Gasteiger charge is 2.29. The molecule has 1 aliphatic heterocycles. The Morgan fingerprint density at radius 3 is 3.00 bits per heavy atom. The molecule has 1 aromatic carbocycles. The summed E-state index contributed by atoms with van der Waals surface area (Å²) in [4.78, 5) is 14.7. The highest BCUT2D eigenvalue weighted by atomic mass is 35.5. The number of nitrogens with zero attached hydrogens (tertiary/aromatic N) is 5. The number of hydrogen-bond donors (Lipinski definition) is 1. The zero-order chi connectivity index (χ0) is 14.8. The number of benzene rings is 1. The molecule has 1 amide bonds. The van der Waals surface area contributed by atoms with Crippen molar-refractivity contribution in [3.05, 3.63) is 35.1 Å². The quantitative estimate of drug-likeness (QED) is 0.863. The highest BCUT2D eigenvalue weighted by molar-refractivity contribution is 7.96. The number of hydrogen-bond acceptors (Lipinski definition) is 4. The lowest BCUT2D eigenvalue weighted by Crippen LogP contribution is -2.35. The van der Waals surface area contributed by atoms with Crippen LogP contribution in [0.1, 0.15) is 31.1 Å². The second-order valence-corrected chi connectivity index (χ2v) is 5.72. The van der Waals surface area contributed by atoms with Crippen LogP contribution in [-0.4, -0.2) is 36.9 Å². The van der Waals surface area contributed by atoms with Crippen LogP contribution < -0.4 is 0 Å². The molecule has 1 unspecified atom stereocenters. The Hall–Kier alpha value is -1.60. The first-order valence-corrected chi connectivity index (χ1v) is 7.53. The topological polar surface area (TPSA) is 63.9 Å². The number of carbonyl (C=O) groups excluding carboxylic acids is 1. The molecule has 3 rings (SSSR count). The SMILES string of the molecule is O=C(S)N1CCCCC1c1nnn(-c2cccc(Cl)c2)n1. The molecule has 1 fully saturated rings. The van der Waals surface area contributed by atoms with Gasteiger partial charge in [-0.3, -0.25) is 4.79 Å². The van der Waals surface area contributed by atoms with Crippen LogP contribution >= 0.6 is 24.2 Å². The van der Waals surface area contributed by atoms with Gasteiger partial charge in [0.15, 0.2) is 5.82 Å². The molecule has 0 radical (unpaired) electrons. The molecule has 1 aliphatic rings. The fraction of sp³-hybridized carbons (Fsp3) is 0.385. The Labute approximate surface area is 132 Å². The van der Waals surface area contributed by atoms with Gasteiger partial charge in [-0.15, -0.1) is 15.0 Å². The molecule has 110 valence electrons. The van der Waals surface area contributed by atoms with Crippen molar-refractivity contribution in [3.63, 3.8) is 0 Å². The van der Waals surface area contributed by atoms with E-state index in [2.05, 4.69) is 28.0 Å². The minimum absolute atomic E-state index is 0.156. The number of aromatic nitrogens is 4. The van der Waals surface area contributed by atoms with E-state index in [1.54, 1.807) is 17.0 Å². The summed E-state index contributed by atoms with van der Waals surface area (Å²) in [5, 5.41) is 12.9. The number of halogens is 1. The number of likely N-dealkylation sites (tertiary alicyclic amines) is 1. The first-order chi connectivity index (χ1) is 10.1. The van der Waals surface area contributed by atoms with Crippen molar-refractivity contribution in [1.82, 2.24) is 25.1 Å². The molecule has 1 aromatic heterocycles. The van der Waals surface area contributed by atoms with E-state index in [4.69, 9.17) is 11.6 Å². The van der Waals surface area contributed by atoms with Gasteiger partial charge in [0.25, 0.3) is 5.24 Å². The van der Waals surface area contributed by atoms with Gasteiger partial charge in [-0.1, -0.05) is 30.3 Å². The molecule has 1 saturated heterocycles. The number of thiol groups is 1. The lowest BCUT2D eigenvalue weighted by atomic mass is 10.0. The van der Waals surface area contributed by atoms with Gasteiger partial charge in [0.2, 0.25) is 0 Å². The van der Waals surface area contributed by atoms with Crippen molar-refractivity contribution in [2.75, 3.05) is 6.54 Å². The summed E-state index contributed by atoms with van der Waals surface area (Å²) in [6, 6.07) is 7.06. The highest BCUT2D eigenvalue weighted by Crippen LogP contribution is 2.29. The minimum atomic E-state index is -0.251. The fourth-order valence-corrected chi connectivity index (χ4v) is 2.92. The molecule has 0 bridgehead atoms. The van der Waals surface area contributed by atoms with Gasteiger partial charge in [0.1, 0.15) is 0 Å². The van der Waals surface area contributed by atoms with Crippen molar-refractivity contribution in [1.29, 1.82) is 0 Å². The maximum Gasteiger partial charge on any atom is 0.279 e. The molecular weight excluding hydrogens is 310 g/mol. The van der Waals surface area contributed by atoms with Gasteiger partial charge in [-0.2, -0.15) is 0 Å². The summed E-state index contributed by atoms with van der Waals surface area (Å²) < 4.78 is 0. The molecule has 0 spiro atoms. The van der Waals surface area contributed by atoms with Gasteiger partial charge in [-0.05, 0) is 42.7 Å².